The van der Waals surface area contributed by atoms with E-state index < -0.39 is 6.09 Å². The van der Waals surface area contributed by atoms with Crippen LogP contribution >= 0.6 is 0 Å². The van der Waals surface area contributed by atoms with Gasteiger partial charge < -0.3 is 9.47 Å². The summed E-state index contributed by atoms with van der Waals surface area (Å²) in [4.78, 5) is 22.0. The second-order valence-corrected chi connectivity index (χ2v) is 2.77. The van der Waals surface area contributed by atoms with Crippen molar-refractivity contribution >= 4 is 12.1 Å². The van der Waals surface area contributed by atoms with Crippen molar-refractivity contribution < 1.29 is 19.1 Å². The lowest BCUT2D eigenvalue weighted by Crippen LogP contribution is -2.43. The standard InChI is InChI=1S/C8H16N2O4/c1-9(2)10(8(12)14-4)6-5-7(11)13-3/h5-6H2,1-4H3. The molecular weight excluding hydrogens is 188 g/mol. The third-order valence-electron chi connectivity index (χ3n) is 1.62. The van der Waals surface area contributed by atoms with E-state index in [4.69, 9.17) is 0 Å². The molecule has 0 atom stereocenters. The maximum absolute atomic E-state index is 11.2. The molecule has 0 heterocycles. The number of ether oxygens (including phenoxy) is 2. The summed E-state index contributed by atoms with van der Waals surface area (Å²) >= 11 is 0. The van der Waals surface area contributed by atoms with Crippen LogP contribution < -0.4 is 0 Å². The number of carbonyl (C=O) groups excluding carboxylic acids is 2. The van der Waals surface area contributed by atoms with Crippen molar-refractivity contribution in [3.05, 3.63) is 0 Å². The lowest BCUT2D eigenvalue weighted by molar-refractivity contribution is -0.141. The van der Waals surface area contributed by atoms with E-state index in [9.17, 15) is 9.59 Å². The van der Waals surface area contributed by atoms with Crippen molar-refractivity contribution in [1.29, 1.82) is 0 Å². The molecule has 0 radical (unpaired) electrons. The fourth-order valence-corrected chi connectivity index (χ4v) is 0.859. The van der Waals surface area contributed by atoms with Gasteiger partial charge in [-0.25, -0.2) is 14.8 Å². The molecule has 6 nitrogen and oxygen atoms in total. The van der Waals surface area contributed by atoms with Gasteiger partial charge in [-0.05, 0) is 0 Å². The van der Waals surface area contributed by atoms with E-state index in [1.807, 2.05) is 0 Å². The Hall–Kier alpha value is -1.30. The Morgan fingerprint density at radius 3 is 2.07 bits per heavy atom. The molecular formula is C8H16N2O4. The van der Waals surface area contributed by atoms with Gasteiger partial charge in [-0.3, -0.25) is 4.79 Å². The highest BCUT2D eigenvalue weighted by molar-refractivity contribution is 5.71. The summed E-state index contributed by atoms with van der Waals surface area (Å²) in [6.45, 7) is 0.242. The molecule has 0 rings (SSSR count). The van der Waals surface area contributed by atoms with Gasteiger partial charge in [0.2, 0.25) is 0 Å². The highest BCUT2D eigenvalue weighted by atomic mass is 16.5. The van der Waals surface area contributed by atoms with E-state index in [-0.39, 0.29) is 18.9 Å². The van der Waals surface area contributed by atoms with E-state index in [1.54, 1.807) is 19.1 Å². The maximum Gasteiger partial charge on any atom is 0.424 e. The van der Waals surface area contributed by atoms with Crippen LogP contribution in [0.5, 0.6) is 0 Å². The minimum atomic E-state index is -0.501. The van der Waals surface area contributed by atoms with Crippen LogP contribution in [-0.4, -0.2) is 56.9 Å². The van der Waals surface area contributed by atoms with Gasteiger partial charge in [0.05, 0.1) is 27.2 Å². The van der Waals surface area contributed by atoms with Gasteiger partial charge in [0, 0.05) is 14.1 Å². The predicted octanol–water partition coefficient (Wildman–Crippen LogP) is 0.0945. The number of esters is 1. The predicted molar refractivity (Wildman–Crippen MR) is 49.4 cm³/mol. The summed E-state index contributed by atoms with van der Waals surface area (Å²) in [7, 11) is 5.97. The summed E-state index contributed by atoms with van der Waals surface area (Å²) in [5.74, 6) is -0.360. The monoisotopic (exact) mass is 204 g/mol. The molecule has 6 heteroatoms. The first-order valence-corrected chi connectivity index (χ1v) is 4.12. The van der Waals surface area contributed by atoms with Gasteiger partial charge in [0.1, 0.15) is 0 Å². The fraction of sp³-hybridized carbons (Fsp3) is 0.750. The SMILES string of the molecule is COC(=O)CCN(C(=O)OC)N(C)C. The summed E-state index contributed by atoms with van der Waals surface area (Å²) < 4.78 is 8.99. The van der Waals surface area contributed by atoms with Gasteiger partial charge in [-0.2, -0.15) is 0 Å². The molecule has 14 heavy (non-hydrogen) atoms. The molecule has 0 aliphatic rings. The Labute approximate surface area is 83.3 Å². The molecule has 0 aromatic rings. The molecule has 0 N–H and O–H groups in total. The van der Waals surface area contributed by atoms with E-state index >= 15 is 0 Å². The third-order valence-corrected chi connectivity index (χ3v) is 1.62. The Bertz CT molecular complexity index is 206. The first kappa shape index (κ1) is 12.7. The number of rotatable bonds is 4. The average molecular weight is 204 g/mol. The topological polar surface area (TPSA) is 59.1 Å². The second-order valence-electron chi connectivity index (χ2n) is 2.77. The molecule has 0 saturated carbocycles. The Morgan fingerprint density at radius 1 is 1.14 bits per heavy atom. The molecule has 0 aromatic carbocycles. The molecule has 1 amide bonds. The third kappa shape index (κ3) is 4.08. The fourth-order valence-electron chi connectivity index (χ4n) is 0.859. The first-order valence-electron chi connectivity index (χ1n) is 4.12. The number of hydrogen-bond acceptors (Lipinski definition) is 5. The van der Waals surface area contributed by atoms with Crippen molar-refractivity contribution in [3.8, 4) is 0 Å². The van der Waals surface area contributed by atoms with E-state index in [1.165, 1.54) is 19.2 Å². The number of amides is 1. The number of nitrogens with zero attached hydrogens (tertiary/aromatic N) is 2. The summed E-state index contributed by atoms with van der Waals surface area (Å²) in [5, 5.41) is 2.85. The Kier molecular flexibility index (Phi) is 5.62. The van der Waals surface area contributed by atoms with Gasteiger partial charge in [0.15, 0.2) is 0 Å². The number of methoxy groups -OCH3 is 2. The molecule has 0 aromatic heterocycles. The first-order chi connectivity index (χ1) is 6.52. The minimum absolute atomic E-state index is 0.143. The molecule has 0 aliphatic heterocycles. The molecule has 0 unspecified atom stereocenters. The number of hydrogen-bond donors (Lipinski definition) is 0. The zero-order valence-electron chi connectivity index (χ0n) is 8.94. The van der Waals surface area contributed by atoms with Crippen LogP contribution in [0.25, 0.3) is 0 Å². The quantitative estimate of drug-likeness (QED) is 0.480. The van der Waals surface area contributed by atoms with Crippen molar-refractivity contribution in [1.82, 2.24) is 10.0 Å². The maximum atomic E-state index is 11.2. The highest BCUT2D eigenvalue weighted by Crippen LogP contribution is 1.98. The highest BCUT2D eigenvalue weighted by Gasteiger charge is 2.17. The molecule has 0 saturated heterocycles. The van der Waals surface area contributed by atoms with Crippen LogP contribution in [0.2, 0.25) is 0 Å². The Balaban J connectivity index is 4.11. The lowest BCUT2D eigenvalue weighted by Gasteiger charge is -2.26. The van der Waals surface area contributed by atoms with Crippen molar-refractivity contribution in [2.75, 3.05) is 34.9 Å². The van der Waals surface area contributed by atoms with E-state index in [0.717, 1.165) is 0 Å². The summed E-state index contributed by atoms with van der Waals surface area (Å²) in [6, 6.07) is 0. The van der Waals surface area contributed by atoms with Gasteiger partial charge >= 0.3 is 12.1 Å². The van der Waals surface area contributed by atoms with Crippen LogP contribution in [-0.2, 0) is 14.3 Å². The minimum Gasteiger partial charge on any atom is -0.469 e. The molecule has 0 bridgehead atoms. The van der Waals surface area contributed by atoms with Crippen molar-refractivity contribution in [3.63, 3.8) is 0 Å². The smallest absolute Gasteiger partial charge is 0.424 e. The summed E-state index contributed by atoms with van der Waals surface area (Å²) in [6.07, 6.45) is -0.358. The summed E-state index contributed by atoms with van der Waals surface area (Å²) in [5.41, 5.74) is 0. The van der Waals surface area contributed by atoms with E-state index in [2.05, 4.69) is 9.47 Å². The van der Waals surface area contributed by atoms with Crippen LogP contribution in [0.1, 0.15) is 6.42 Å². The normalized spacial score (nSPS) is 9.79. The Morgan fingerprint density at radius 2 is 1.71 bits per heavy atom. The molecule has 0 spiro atoms. The van der Waals surface area contributed by atoms with Gasteiger partial charge in [0.25, 0.3) is 0 Å². The van der Waals surface area contributed by atoms with Crippen molar-refractivity contribution in [2.24, 2.45) is 0 Å². The zero-order valence-corrected chi connectivity index (χ0v) is 8.94. The van der Waals surface area contributed by atoms with Crippen LogP contribution in [0.3, 0.4) is 0 Å². The number of carbonyl (C=O) groups is 2. The average Bonchev–Trinajstić information content (AvgIpc) is 2.16. The lowest BCUT2D eigenvalue weighted by atomic mass is 10.4. The van der Waals surface area contributed by atoms with Crippen LogP contribution in [0.15, 0.2) is 0 Å². The van der Waals surface area contributed by atoms with E-state index in [0.29, 0.717) is 0 Å². The second kappa shape index (κ2) is 6.20. The zero-order chi connectivity index (χ0) is 11.1. The van der Waals surface area contributed by atoms with Gasteiger partial charge in [-0.1, -0.05) is 0 Å². The van der Waals surface area contributed by atoms with Crippen LogP contribution in [0, 0.1) is 0 Å². The molecule has 0 aliphatic carbocycles. The van der Waals surface area contributed by atoms with Crippen LogP contribution in [0.4, 0.5) is 4.79 Å². The largest absolute Gasteiger partial charge is 0.469 e. The molecule has 0 fully saturated rings. The van der Waals surface area contributed by atoms with Gasteiger partial charge in [-0.15, -0.1) is 0 Å². The van der Waals surface area contributed by atoms with Crippen molar-refractivity contribution in [2.45, 2.75) is 6.42 Å². The molecule has 82 valence electrons. The number of hydrazine groups is 1.